The van der Waals surface area contributed by atoms with E-state index in [0.717, 1.165) is 5.75 Å². The molecule has 0 saturated carbocycles. The summed E-state index contributed by atoms with van der Waals surface area (Å²) >= 11 is 1.61. The van der Waals surface area contributed by atoms with Crippen LogP contribution in [0.2, 0.25) is 0 Å². The van der Waals surface area contributed by atoms with E-state index >= 15 is 0 Å². The molecular formula is C7H12NO2S. The molecule has 0 aliphatic heterocycles. The van der Waals surface area contributed by atoms with Crippen LogP contribution in [0.5, 0.6) is 0 Å². The lowest BCUT2D eigenvalue weighted by molar-refractivity contribution is -0.119. The zero-order valence-corrected chi connectivity index (χ0v) is 7.53. The molecule has 0 aromatic carbocycles. The molecule has 4 heteroatoms. The second-order valence-electron chi connectivity index (χ2n) is 2.03. The van der Waals surface area contributed by atoms with E-state index in [0.29, 0.717) is 5.75 Å². The Hall–Kier alpha value is -0.510. The predicted octanol–water partition coefficient (Wildman–Crippen LogP) is 0.354. The summed E-state index contributed by atoms with van der Waals surface area (Å²) in [6.07, 6.45) is 1.77. The minimum Gasteiger partial charge on any atom is -0.345 e. The lowest BCUT2D eigenvalue weighted by atomic mass is 10.4. The van der Waals surface area contributed by atoms with Crippen molar-refractivity contribution < 1.29 is 9.59 Å². The van der Waals surface area contributed by atoms with E-state index in [-0.39, 0.29) is 5.91 Å². The summed E-state index contributed by atoms with van der Waals surface area (Å²) in [5.41, 5.74) is 0. The number of carbonyl (C=O) groups is 1. The second kappa shape index (κ2) is 6.22. The normalized spacial score (nSPS) is 12.2. The minimum absolute atomic E-state index is 0.185. The molecule has 1 N–H and O–H groups in total. The smallest absolute Gasteiger partial charge is 0.223 e. The monoisotopic (exact) mass is 174 g/mol. The Morgan fingerprint density at radius 2 is 2.36 bits per heavy atom. The van der Waals surface area contributed by atoms with E-state index in [2.05, 4.69) is 5.32 Å². The van der Waals surface area contributed by atoms with Gasteiger partial charge in [-0.05, 0) is 5.75 Å². The van der Waals surface area contributed by atoms with Gasteiger partial charge < -0.3 is 5.32 Å². The lowest BCUT2D eigenvalue weighted by Gasteiger charge is -2.07. The Morgan fingerprint density at radius 1 is 1.73 bits per heavy atom. The fourth-order valence-corrected chi connectivity index (χ4v) is 1.21. The summed E-state index contributed by atoms with van der Waals surface area (Å²) in [4.78, 5) is 20.7. The summed E-state index contributed by atoms with van der Waals surface area (Å²) in [5, 5.41) is 2.48. The number of hydrogen-bond acceptors (Lipinski definition) is 3. The first-order chi connectivity index (χ1) is 5.20. The maximum absolute atomic E-state index is 10.5. The maximum atomic E-state index is 10.5. The second-order valence-corrected chi connectivity index (χ2v) is 3.35. The van der Waals surface area contributed by atoms with Gasteiger partial charge >= 0.3 is 0 Å². The van der Waals surface area contributed by atoms with E-state index in [4.69, 9.17) is 0 Å². The van der Waals surface area contributed by atoms with Crippen LogP contribution in [0, 0.1) is 0 Å². The SMILES string of the molecule is CCSCC([C]=O)NC(C)=O. The Kier molecular flexibility index (Phi) is 5.93. The van der Waals surface area contributed by atoms with Crippen LogP contribution < -0.4 is 5.32 Å². The maximum Gasteiger partial charge on any atom is 0.223 e. The van der Waals surface area contributed by atoms with Crippen LogP contribution >= 0.6 is 11.8 Å². The Bertz CT molecular complexity index is 138. The standard InChI is InChI=1S/C7H12NO2S/c1-3-11-5-7(4-9)8-6(2)10/h7H,3,5H2,1-2H3,(H,8,10). The van der Waals surface area contributed by atoms with Crippen molar-refractivity contribution in [2.24, 2.45) is 0 Å². The lowest BCUT2D eigenvalue weighted by Crippen LogP contribution is -2.36. The average Bonchev–Trinajstić information content (AvgIpc) is 1.97. The first kappa shape index (κ1) is 10.5. The van der Waals surface area contributed by atoms with Crippen molar-refractivity contribution in [2.45, 2.75) is 19.9 Å². The molecule has 0 aliphatic rings. The molecule has 63 valence electrons. The Labute approximate surface area is 70.9 Å². The highest BCUT2D eigenvalue weighted by atomic mass is 32.2. The highest BCUT2D eigenvalue weighted by Crippen LogP contribution is 1.99. The highest BCUT2D eigenvalue weighted by Gasteiger charge is 2.07. The number of amides is 1. The van der Waals surface area contributed by atoms with E-state index in [1.54, 1.807) is 18.0 Å². The highest BCUT2D eigenvalue weighted by molar-refractivity contribution is 7.99. The number of carbonyl (C=O) groups excluding carboxylic acids is 2. The third-order valence-electron chi connectivity index (χ3n) is 1.01. The molecule has 0 spiro atoms. The van der Waals surface area contributed by atoms with Gasteiger partial charge in [-0.3, -0.25) is 9.59 Å². The molecule has 0 rings (SSSR count). The van der Waals surface area contributed by atoms with Crippen LogP contribution in [0.3, 0.4) is 0 Å². The van der Waals surface area contributed by atoms with E-state index in [1.807, 2.05) is 6.92 Å². The average molecular weight is 174 g/mol. The summed E-state index contributed by atoms with van der Waals surface area (Å²) in [6.45, 7) is 3.39. The molecule has 1 unspecified atom stereocenters. The molecule has 0 saturated heterocycles. The molecule has 0 aromatic rings. The number of hydrogen-bond donors (Lipinski definition) is 1. The zero-order chi connectivity index (χ0) is 8.69. The van der Waals surface area contributed by atoms with Gasteiger partial charge in [0.1, 0.15) is 6.04 Å². The van der Waals surface area contributed by atoms with Crippen LogP contribution in [0.15, 0.2) is 0 Å². The molecule has 0 fully saturated rings. The first-order valence-electron chi connectivity index (χ1n) is 3.43. The molecule has 1 amide bonds. The largest absolute Gasteiger partial charge is 0.345 e. The fourth-order valence-electron chi connectivity index (χ4n) is 0.586. The van der Waals surface area contributed by atoms with Crippen molar-refractivity contribution in [3.63, 3.8) is 0 Å². The summed E-state index contributed by atoms with van der Waals surface area (Å²) in [6, 6.07) is -0.447. The van der Waals surface area contributed by atoms with Gasteiger partial charge in [0.25, 0.3) is 0 Å². The molecule has 0 aliphatic carbocycles. The van der Waals surface area contributed by atoms with Gasteiger partial charge in [-0.2, -0.15) is 11.8 Å². The molecule has 11 heavy (non-hydrogen) atoms. The minimum atomic E-state index is -0.447. The predicted molar refractivity (Wildman–Crippen MR) is 46.3 cm³/mol. The van der Waals surface area contributed by atoms with Crippen molar-refractivity contribution in [2.75, 3.05) is 11.5 Å². The third kappa shape index (κ3) is 5.91. The van der Waals surface area contributed by atoms with Gasteiger partial charge in [-0.1, -0.05) is 6.92 Å². The van der Waals surface area contributed by atoms with E-state index < -0.39 is 6.04 Å². The topological polar surface area (TPSA) is 46.2 Å². The quantitative estimate of drug-likeness (QED) is 0.654. The Balaban J connectivity index is 3.57. The van der Waals surface area contributed by atoms with Crippen molar-refractivity contribution in [1.82, 2.24) is 5.32 Å². The molecule has 1 radical (unpaired) electrons. The zero-order valence-electron chi connectivity index (χ0n) is 6.72. The van der Waals surface area contributed by atoms with Crippen molar-refractivity contribution in [3.8, 4) is 0 Å². The molecule has 0 heterocycles. The van der Waals surface area contributed by atoms with Crippen molar-refractivity contribution >= 4 is 24.0 Å². The van der Waals surface area contributed by atoms with Crippen LogP contribution in [0.1, 0.15) is 13.8 Å². The molecule has 0 aromatic heterocycles. The van der Waals surface area contributed by atoms with Crippen LogP contribution in [-0.2, 0) is 9.59 Å². The molecular weight excluding hydrogens is 162 g/mol. The number of nitrogens with one attached hydrogen (secondary N) is 1. The number of thioether (sulfide) groups is 1. The van der Waals surface area contributed by atoms with Gasteiger partial charge in [-0.25, -0.2) is 0 Å². The van der Waals surface area contributed by atoms with E-state index in [9.17, 15) is 9.59 Å². The fraction of sp³-hybridized carbons (Fsp3) is 0.714. The number of rotatable bonds is 5. The van der Waals surface area contributed by atoms with Gasteiger partial charge in [0.05, 0.1) is 0 Å². The van der Waals surface area contributed by atoms with Crippen molar-refractivity contribution in [3.05, 3.63) is 0 Å². The van der Waals surface area contributed by atoms with Crippen LogP contribution in [0.25, 0.3) is 0 Å². The summed E-state index contributed by atoms with van der Waals surface area (Å²) < 4.78 is 0. The molecule has 0 bridgehead atoms. The third-order valence-corrected chi connectivity index (χ3v) is 1.99. The summed E-state index contributed by atoms with van der Waals surface area (Å²) in [5.74, 6) is 1.37. The van der Waals surface area contributed by atoms with Gasteiger partial charge in [0.2, 0.25) is 12.2 Å². The summed E-state index contributed by atoms with van der Waals surface area (Å²) in [7, 11) is 0. The Morgan fingerprint density at radius 3 is 2.73 bits per heavy atom. The van der Waals surface area contributed by atoms with E-state index in [1.165, 1.54) is 6.92 Å². The van der Waals surface area contributed by atoms with Gasteiger partial charge in [0, 0.05) is 12.7 Å². The molecule has 3 nitrogen and oxygen atoms in total. The van der Waals surface area contributed by atoms with Gasteiger partial charge in [0.15, 0.2) is 0 Å². The van der Waals surface area contributed by atoms with Gasteiger partial charge in [-0.15, -0.1) is 0 Å². The molecule has 1 atom stereocenters. The van der Waals surface area contributed by atoms with Crippen LogP contribution in [0.4, 0.5) is 0 Å². The van der Waals surface area contributed by atoms with Crippen molar-refractivity contribution in [1.29, 1.82) is 0 Å². The van der Waals surface area contributed by atoms with Crippen LogP contribution in [-0.4, -0.2) is 29.7 Å². The first-order valence-corrected chi connectivity index (χ1v) is 4.58.